The zero-order valence-electron chi connectivity index (χ0n) is 15.4. The molecule has 29 heavy (non-hydrogen) atoms. The van der Waals surface area contributed by atoms with Crippen LogP contribution in [0.1, 0.15) is 24.0 Å². The van der Waals surface area contributed by atoms with Crippen LogP contribution in [0.4, 0.5) is 19.0 Å². The van der Waals surface area contributed by atoms with Crippen molar-refractivity contribution in [3.63, 3.8) is 0 Å². The number of anilines is 1. The van der Waals surface area contributed by atoms with Crippen LogP contribution < -0.4 is 16.0 Å². The molecule has 1 aromatic heterocycles. The van der Waals surface area contributed by atoms with Gasteiger partial charge in [-0.2, -0.15) is 13.2 Å². The molecule has 156 valence electrons. The number of pyridine rings is 1. The number of amides is 2. The number of alkyl halides is 3. The fraction of sp³-hybridized carbons (Fsp3) is 0.316. The molecule has 0 radical (unpaired) electrons. The molecule has 0 spiro atoms. The van der Waals surface area contributed by atoms with Crippen LogP contribution in [0.5, 0.6) is 0 Å². The van der Waals surface area contributed by atoms with Gasteiger partial charge in [-0.05, 0) is 11.6 Å². The molecule has 2 rings (SSSR count). The van der Waals surface area contributed by atoms with Gasteiger partial charge < -0.3 is 16.0 Å². The average Bonchev–Trinajstić information content (AvgIpc) is 2.67. The maximum absolute atomic E-state index is 12.6. The third kappa shape index (κ3) is 7.98. The van der Waals surface area contributed by atoms with Crippen molar-refractivity contribution in [1.29, 1.82) is 0 Å². The fourth-order valence-corrected chi connectivity index (χ4v) is 2.54. The average molecular weight is 429 g/mol. The highest BCUT2D eigenvalue weighted by Crippen LogP contribution is 2.32. The molecule has 1 heterocycles. The molecule has 2 amide bonds. The first kappa shape index (κ1) is 22.5. The van der Waals surface area contributed by atoms with Crippen LogP contribution in [0.15, 0.2) is 42.6 Å². The molecule has 0 aliphatic carbocycles. The molecule has 6 nitrogen and oxygen atoms in total. The first-order valence-corrected chi connectivity index (χ1v) is 9.17. The minimum atomic E-state index is -4.53. The van der Waals surface area contributed by atoms with E-state index in [9.17, 15) is 22.8 Å². The number of carbonyl (C=O) groups excluding carboxylic acids is 2. The third-order valence-electron chi connectivity index (χ3n) is 3.82. The molecule has 0 saturated heterocycles. The first-order chi connectivity index (χ1) is 13.8. The molecule has 1 aromatic carbocycles. The van der Waals surface area contributed by atoms with E-state index in [1.165, 1.54) is 0 Å². The second-order valence-corrected chi connectivity index (χ2v) is 6.50. The second kappa shape index (κ2) is 10.7. The number of aromatic nitrogens is 1. The van der Waals surface area contributed by atoms with Crippen LogP contribution in [-0.4, -0.2) is 29.9 Å². The Morgan fingerprint density at radius 3 is 2.31 bits per heavy atom. The predicted molar refractivity (Wildman–Crippen MR) is 103 cm³/mol. The van der Waals surface area contributed by atoms with E-state index < -0.39 is 11.7 Å². The van der Waals surface area contributed by atoms with Gasteiger partial charge in [-0.3, -0.25) is 9.59 Å². The van der Waals surface area contributed by atoms with Gasteiger partial charge in [0.2, 0.25) is 11.8 Å². The number of carbonyl (C=O) groups is 2. The summed E-state index contributed by atoms with van der Waals surface area (Å²) >= 11 is 5.77. The van der Waals surface area contributed by atoms with E-state index in [1.807, 2.05) is 30.3 Å². The lowest BCUT2D eigenvalue weighted by Gasteiger charge is -2.11. The summed E-state index contributed by atoms with van der Waals surface area (Å²) in [6.07, 6.45) is -3.67. The minimum Gasteiger partial charge on any atom is -0.368 e. The van der Waals surface area contributed by atoms with Gasteiger partial charge in [-0.25, -0.2) is 4.98 Å². The van der Waals surface area contributed by atoms with Crippen molar-refractivity contribution in [3.05, 3.63) is 58.7 Å². The Hall–Kier alpha value is -2.81. The zero-order chi connectivity index (χ0) is 21.3. The first-order valence-electron chi connectivity index (χ1n) is 8.79. The number of hydrogen-bond acceptors (Lipinski definition) is 4. The number of benzene rings is 1. The van der Waals surface area contributed by atoms with Gasteiger partial charge in [0.15, 0.2) is 0 Å². The maximum Gasteiger partial charge on any atom is 0.417 e. The van der Waals surface area contributed by atoms with Crippen LogP contribution >= 0.6 is 11.6 Å². The normalized spacial score (nSPS) is 11.0. The Kier molecular flexibility index (Phi) is 8.26. The van der Waals surface area contributed by atoms with Gasteiger partial charge in [0.1, 0.15) is 5.82 Å². The van der Waals surface area contributed by atoms with Crippen molar-refractivity contribution < 1.29 is 22.8 Å². The van der Waals surface area contributed by atoms with Crippen LogP contribution in [0.2, 0.25) is 5.02 Å². The molecule has 0 bridgehead atoms. The number of nitrogens with zero attached hydrogens (tertiary/aromatic N) is 1. The van der Waals surface area contributed by atoms with E-state index in [-0.39, 0.29) is 48.6 Å². The van der Waals surface area contributed by atoms with Gasteiger partial charge >= 0.3 is 6.18 Å². The molecule has 0 saturated carbocycles. The molecule has 0 atom stereocenters. The Bertz CT molecular complexity index is 832. The Balaban J connectivity index is 1.63. The molecule has 0 aliphatic rings. The zero-order valence-corrected chi connectivity index (χ0v) is 16.1. The number of nitrogens with one attached hydrogen (secondary N) is 3. The van der Waals surface area contributed by atoms with E-state index in [0.717, 1.165) is 11.6 Å². The largest absolute Gasteiger partial charge is 0.417 e. The molecule has 2 aromatic rings. The van der Waals surface area contributed by atoms with Gasteiger partial charge in [0, 0.05) is 38.7 Å². The van der Waals surface area contributed by atoms with E-state index >= 15 is 0 Å². The molecule has 10 heteroatoms. The summed E-state index contributed by atoms with van der Waals surface area (Å²) in [4.78, 5) is 27.2. The Morgan fingerprint density at radius 2 is 1.66 bits per heavy atom. The summed E-state index contributed by atoms with van der Waals surface area (Å²) in [5.74, 6) is -0.433. The highest BCUT2D eigenvalue weighted by Gasteiger charge is 2.31. The van der Waals surface area contributed by atoms with Crippen molar-refractivity contribution in [1.82, 2.24) is 15.6 Å². The third-order valence-corrected chi connectivity index (χ3v) is 4.11. The monoisotopic (exact) mass is 428 g/mol. The van der Waals surface area contributed by atoms with Crippen LogP contribution in [0.3, 0.4) is 0 Å². The summed E-state index contributed by atoms with van der Waals surface area (Å²) in [6, 6.07) is 10.2. The quantitative estimate of drug-likeness (QED) is 0.572. The summed E-state index contributed by atoms with van der Waals surface area (Å²) in [5.41, 5.74) is 0.0304. The lowest BCUT2D eigenvalue weighted by molar-refractivity contribution is -0.137. The SMILES string of the molecule is O=C(CCNc1ncc(C(F)(F)F)cc1Cl)NCCC(=O)NCc1ccccc1. The molecule has 3 N–H and O–H groups in total. The summed E-state index contributed by atoms with van der Waals surface area (Å²) in [6.45, 7) is 0.724. The molecular formula is C19H20ClF3N4O2. The number of halogens is 4. The van der Waals surface area contributed by atoms with Crippen LogP contribution in [0.25, 0.3) is 0 Å². The molecule has 0 fully saturated rings. The lowest BCUT2D eigenvalue weighted by atomic mass is 10.2. The minimum absolute atomic E-state index is 0.0463. The summed E-state index contributed by atoms with van der Waals surface area (Å²) in [5, 5.41) is 7.88. The summed E-state index contributed by atoms with van der Waals surface area (Å²) < 4.78 is 37.7. The van der Waals surface area contributed by atoms with E-state index in [2.05, 4.69) is 20.9 Å². The standard InChI is InChI=1S/C19H20ClF3N4O2/c20-15-10-14(19(21,22)23)12-27-18(15)25-9-7-16(28)24-8-6-17(29)26-11-13-4-2-1-3-5-13/h1-5,10,12H,6-9,11H2,(H,24,28)(H,25,27)(H,26,29). The number of rotatable bonds is 9. The van der Waals surface area contributed by atoms with E-state index in [1.54, 1.807) is 0 Å². The maximum atomic E-state index is 12.6. The topological polar surface area (TPSA) is 83.1 Å². The van der Waals surface area contributed by atoms with Crippen molar-refractivity contribution in [2.24, 2.45) is 0 Å². The smallest absolute Gasteiger partial charge is 0.368 e. The lowest BCUT2D eigenvalue weighted by Crippen LogP contribution is -2.31. The van der Waals surface area contributed by atoms with Gasteiger partial charge in [0.05, 0.1) is 10.6 Å². The van der Waals surface area contributed by atoms with E-state index in [0.29, 0.717) is 12.7 Å². The van der Waals surface area contributed by atoms with E-state index in [4.69, 9.17) is 11.6 Å². The Morgan fingerprint density at radius 1 is 1.00 bits per heavy atom. The van der Waals surface area contributed by atoms with Gasteiger partial charge in [-0.15, -0.1) is 0 Å². The predicted octanol–water partition coefficient (Wildman–Crippen LogP) is 3.38. The van der Waals surface area contributed by atoms with Crippen molar-refractivity contribution in [2.75, 3.05) is 18.4 Å². The molecule has 0 unspecified atom stereocenters. The summed E-state index contributed by atoms with van der Waals surface area (Å²) in [7, 11) is 0. The van der Waals surface area contributed by atoms with Crippen molar-refractivity contribution in [2.45, 2.75) is 25.6 Å². The van der Waals surface area contributed by atoms with Crippen molar-refractivity contribution >= 4 is 29.2 Å². The second-order valence-electron chi connectivity index (χ2n) is 6.09. The Labute approximate surface area is 170 Å². The fourth-order valence-electron chi connectivity index (χ4n) is 2.31. The number of hydrogen-bond donors (Lipinski definition) is 3. The van der Waals surface area contributed by atoms with Crippen LogP contribution in [0, 0.1) is 0 Å². The highest BCUT2D eigenvalue weighted by atomic mass is 35.5. The highest BCUT2D eigenvalue weighted by molar-refractivity contribution is 6.32. The molecular weight excluding hydrogens is 409 g/mol. The van der Waals surface area contributed by atoms with Crippen molar-refractivity contribution in [3.8, 4) is 0 Å². The van der Waals surface area contributed by atoms with Crippen LogP contribution in [-0.2, 0) is 22.3 Å². The van der Waals surface area contributed by atoms with Gasteiger partial charge in [-0.1, -0.05) is 41.9 Å². The van der Waals surface area contributed by atoms with Gasteiger partial charge in [0.25, 0.3) is 0 Å². The molecule has 0 aliphatic heterocycles.